The molecule has 1 aliphatic heterocycles. The highest BCUT2D eigenvalue weighted by molar-refractivity contribution is 7.89. The van der Waals surface area contributed by atoms with Gasteiger partial charge < -0.3 is 4.90 Å². The third-order valence-corrected chi connectivity index (χ3v) is 6.57. The summed E-state index contributed by atoms with van der Waals surface area (Å²) in [7, 11) is -3.70. The van der Waals surface area contributed by atoms with Crippen molar-refractivity contribution in [2.75, 3.05) is 31.1 Å². The molecule has 11 nitrogen and oxygen atoms in total. The van der Waals surface area contributed by atoms with Crippen molar-refractivity contribution < 1.29 is 13.3 Å². The van der Waals surface area contributed by atoms with Crippen molar-refractivity contribution >= 4 is 27.2 Å². The van der Waals surface area contributed by atoms with Crippen LogP contribution in [0.15, 0.2) is 41.3 Å². The molecule has 0 aliphatic carbocycles. The van der Waals surface area contributed by atoms with Crippen molar-refractivity contribution in [2.45, 2.75) is 11.8 Å². The van der Waals surface area contributed by atoms with Crippen LogP contribution in [-0.2, 0) is 10.0 Å². The van der Waals surface area contributed by atoms with Gasteiger partial charge in [0.25, 0.3) is 5.69 Å². The van der Waals surface area contributed by atoms with Gasteiger partial charge in [-0.3, -0.25) is 10.1 Å². The number of aromatic nitrogens is 4. The lowest BCUT2D eigenvalue weighted by molar-refractivity contribution is -0.384. The summed E-state index contributed by atoms with van der Waals surface area (Å²) in [6.07, 6.45) is 0. The predicted octanol–water partition coefficient (Wildman–Crippen LogP) is 0.852. The summed E-state index contributed by atoms with van der Waals surface area (Å²) in [6, 6.07) is 8.59. The van der Waals surface area contributed by atoms with Gasteiger partial charge in [0.15, 0.2) is 11.5 Å². The summed E-state index contributed by atoms with van der Waals surface area (Å²) in [4.78, 5) is 12.2. The van der Waals surface area contributed by atoms with E-state index in [-0.39, 0.29) is 10.6 Å². The fourth-order valence-corrected chi connectivity index (χ4v) is 4.52. The maximum absolute atomic E-state index is 12.8. The molecule has 1 saturated heterocycles. The normalized spacial score (nSPS) is 15.8. The van der Waals surface area contributed by atoms with Crippen molar-refractivity contribution in [3.05, 3.63) is 52.3 Å². The maximum Gasteiger partial charge on any atom is 0.269 e. The average Bonchev–Trinajstić information content (AvgIpc) is 3.08. The average molecular weight is 403 g/mol. The molecule has 0 radical (unpaired) electrons. The van der Waals surface area contributed by atoms with Gasteiger partial charge in [0.05, 0.1) is 9.82 Å². The summed E-state index contributed by atoms with van der Waals surface area (Å²) < 4.78 is 28.6. The van der Waals surface area contributed by atoms with Crippen LogP contribution in [0.25, 0.3) is 5.65 Å². The van der Waals surface area contributed by atoms with Gasteiger partial charge in [-0.1, -0.05) is 0 Å². The molecule has 0 atom stereocenters. The fourth-order valence-electron chi connectivity index (χ4n) is 3.10. The molecular formula is C16H17N7O4S. The smallest absolute Gasteiger partial charge is 0.269 e. The zero-order chi connectivity index (χ0) is 19.9. The van der Waals surface area contributed by atoms with Crippen LogP contribution < -0.4 is 4.90 Å². The molecule has 3 heterocycles. The van der Waals surface area contributed by atoms with Gasteiger partial charge in [0, 0.05) is 38.3 Å². The van der Waals surface area contributed by atoms with E-state index in [4.69, 9.17) is 0 Å². The van der Waals surface area contributed by atoms with Gasteiger partial charge in [-0.25, -0.2) is 8.42 Å². The van der Waals surface area contributed by atoms with Crippen molar-refractivity contribution in [1.29, 1.82) is 0 Å². The molecule has 0 bridgehead atoms. The van der Waals surface area contributed by atoms with E-state index in [2.05, 4.69) is 15.3 Å². The number of benzene rings is 1. The number of rotatable bonds is 4. The summed E-state index contributed by atoms with van der Waals surface area (Å²) in [5.74, 6) is 1.40. The molecule has 0 unspecified atom stereocenters. The lowest BCUT2D eigenvalue weighted by atomic mass is 10.3. The van der Waals surface area contributed by atoms with Crippen LogP contribution in [0.5, 0.6) is 0 Å². The second kappa shape index (κ2) is 6.80. The molecule has 0 saturated carbocycles. The second-order valence-electron chi connectivity index (χ2n) is 6.35. The maximum atomic E-state index is 12.8. The molecule has 1 aromatic carbocycles. The number of nitrogens with zero attached hydrogens (tertiary/aromatic N) is 7. The van der Waals surface area contributed by atoms with Crippen LogP contribution in [0.4, 0.5) is 11.5 Å². The van der Waals surface area contributed by atoms with Gasteiger partial charge in [-0.2, -0.15) is 8.82 Å². The van der Waals surface area contributed by atoms with Crippen molar-refractivity contribution in [3.63, 3.8) is 0 Å². The Morgan fingerprint density at radius 1 is 1.00 bits per heavy atom. The first-order chi connectivity index (χ1) is 13.4. The minimum Gasteiger partial charge on any atom is -0.353 e. The SMILES string of the molecule is Cc1nnc2ccc(N3CCN(S(=O)(=O)c4ccc([N+](=O)[O-])cc4)CC3)nn12. The molecule has 0 N–H and O–H groups in total. The summed E-state index contributed by atoms with van der Waals surface area (Å²) in [5, 5.41) is 23.2. The van der Waals surface area contributed by atoms with E-state index < -0.39 is 14.9 Å². The number of hydrogen-bond donors (Lipinski definition) is 0. The highest BCUT2D eigenvalue weighted by atomic mass is 32.2. The minimum absolute atomic E-state index is 0.0474. The summed E-state index contributed by atoms with van der Waals surface area (Å²) >= 11 is 0. The van der Waals surface area contributed by atoms with E-state index in [9.17, 15) is 18.5 Å². The summed E-state index contributed by atoms with van der Waals surface area (Å²) in [6.45, 7) is 3.35. The monoisotopic (exact) mass is 403 g/mol. The van der Waals surface area contributed by atoms with Gasteiger partial charge >= 0.3 is 0 Å². The van der Waals surface area contributed by atoms with Crippen LogP contribution in [0, 0.1) is 17.0 Å². The molecule has 2 aromatic heterocycles. The van der Waals surface area contributed by atoms with Crippen molar-refractivity contribution in [2.24, 2.45) is 0 Å². The molecule has 0 amide bonds. The van der Waals surface area contributed by atoms with Crippen molar-refractivity contribution in [1.82, 2.24) is 24.1 Å². The molecule has 146 valence electrons. The van der Waals surface area contributed by atoms with E-state index in [0.717, 1.165) is 5.82 Å². The molecule has 28 heavy (non-hydrogen) atoms. The highest BCUT2D eigenvalue weighted by Crippen LogP contribution is 2.22. The molecule has 12 heteroatoms. The van der Waals surface area contributed by atoms with E-state index in [0.29, 0.717) is 37.7 Å². The van der Waals surface area contributed by atoms with Gasteiger partial charge in [0.2, 0.25) is 10.0 Å². The Kier molecular flexibility index (Phi) is 4.43. The van der Waals surface area contributed by atoms with E-state index in [1.54, 1.807) is 4.52 Å². The fraction of sp³-hybridized carbons (Fsp3) is 0.312. The highest BCUT2D eigenvalue weighted by Gasteiger charge is 2.29. The third-order valence-electron chi connectivity index (χ3n) is 4.65. The third kappa shape index (κ3) is 3.16. The number of fused-ring (bicyclic) bond motifs is 1. The Bertz CT molecular complexity index is 1140. The quantitative estimate of drug-likeness (QED) is 0.463. The predicted molar refractivity (Wildman–Crippen MR) is 99.6 cm³/mol. The zero-order valence-electron chi connectivity index (χ0n) is 15.0. The van der Waals surface area contributed by atoms with E-state index >= 15 is 0 Å². The molecule has 3 aromatic rings. The second-order valence-corrected chi connectivity index (χ2v) is 8.29. The van der Waals surface area contributed by atoms with E-state index in [1.165, 1.54) is 28.6 Å². The molecule has 1 aliphatic rings. The number of hydrogen-bond acceptors (Lipinski definition) is 8. The lowest BCUT2D eigenvalue weighted by Gasteiger charge is -2.34. The lowest BCUT2D eigenvalue weighted by Crippen LogP contribution is -2.49. The molecular weight excluding hydrogens is 386 g/mol. The molecule has 0 spiro atoms. The number of non-ortho nitro benzene ring substituents is 1. The van der Waals surface area contributed by atoms with Crippen LogP contribution >= 0.6 is 0 Å². The number of aryl methyl sites for hydroxylation is 1. The van der Waals surface area contributed by atoms with Crippen LogP contribution in [-0.4, -0.2) is 63.6 Å². The number of nitro benzene ring substituents is 1. The van der Waals surface area contributed by atoms with Crippen molar-refractivity contribution in [3.8, 4) is 0 Å². The van der Waals surface area contributed by atoms with Crippen LogP contribution in [0.1, 0.15) is 5.82 Å². The minimum atomic E-state index is -3.70. The Balaban J connectivity index is 1.49. The number of sulfonamides is 1. The standard InChI is InChI=1S/C16H17N7O4S/c1-12-17-18-15-6-7-16(19-22(12)15)20-8-10-21(11-9-20)28(26,27)14-4-2-13(3-5-14)23(24)25/h2-7H,8-11H2,1H3. The largest absolute Gasteiger partial charge is 0.353 e. The Labute approximate surface area is 160 Å². The van der Waals surface area contributed by atoms with Crippen LogP contribution in [0.2, 0.25) is 0 Å². The molecule has 4 rings (SSSR count). The van der Waals surface area contributed by atoms with Gasteiger partial charge in [-0.15, -0.1) is 15.3 Å². The first kappa shape index (κ1) is 18.3. The molecule has 1 fully saturated rings. The number of nitro groups is 1. The zero-order valence-corrected chi connectivity index (χ0v) is 15.8. The number of piperazine rings is 1. The Hall–Kier alpha value is -3.12. The van der Waals surface area contributed by atoms with Gasteiger partial charge in [-0.05, 0) is 31.2 Å². The Morgan fingerprint density at radius 2 is 1.68 bits per heavy atom. The summed E-state index contributed by atoms with van der Waals surface area (Å²) in [5.41, 5.74) is 0.509. The number of anilines is 1. The first-order valence-electron chi connectivity index (χ1n) is 8.55. The topological polar surface area (TPSA) is 127 Å². The van der Waals surface area contributed by atoms with Gasteiger partial charge in [0.1, 0.15) is 5.82 Å². The Morgan fingerprint density at radius 3 is 2.32 bits per heavy atom. The van der Waals surface area contributed by atoms with E-state index in [1.807, 2.05) is 24.0 Å². The first-order valence-corrected chi connectivity index (χ1v) is 9.99. The van der Waals surface area contributed by atoms with Crippen LogP contribution in [0.3, 0.4) is 0 Å².